The van der Waals surface area contributed by atoms with E-state index >= 15 is 0 Å². The summed E-state index contributed by atoms with van der Waals surface area (Å²) in [6.45, 7) is 1.45. The van der Waals surface area contributed by atoms with Gasteiger partial charge in [0.05, 0.1) is 25.1 Å². The third-order valence-corrected chi connectivity index (χ3v) is 6.27. The molecule has 37 heavy (non-hydrogen) atoms. The van der Waals surface area contributed by atoms with Crippen LogP contribution in [0.3, 0.4) is 0 Å². The third kappa shape index (κ3) is 6.83. The number of fused-ring (bicyclic) bond motifs is 1. The van der Waals surface area contributed by atoms with Gasteiger partial charge in [-0.15, -0.1) is 0 Å². The van der Waals surface area contributed by atoms with E-state index in [2.05, 4.69) is 15.6 Å². The van der Waals surface area contributed by atoms with E-state index in [0.717, 1.165) is 11.1 Å². The van der Waals surface area contributed by atoms with E-state index in [1.54, 1.807) is 31.2 Å². The number of aromatic nitrogens is 1. The molecule has 0 radical (unpaired) electrons. The minimum Gasteiger partial charge on any atom is -0.461 e. The maximum Gasteiger partial charge on any atom is 0.310 e. The highest BCUT2D eigenvalue weighted by Gasteiger charge is 2.30. The summed E-state index contributed by atoms with van der Waals surface area (Å²) < 4.78 is 11.4. The van der Waals surface area contributed by atoms with E-state index in [-0.39, 0.29) is 26.0 Å². The molecule has 3 aromatic rings. The van der Waals surface area contributed by atoms with E-state index in [9.17, 15) is 19.5 Å². The normalized spacial score (nSPS) is 21.8. The van der Waals surface area contributed by atoms with Gasteiger partial charge in [0.25, 0.3) is 0 Å². The molecule has 3 N–H and O–H groups in total. The Morgan fingerprint density at radius 3 is 2.59 bits per heavy atom. The topological polar surface area (TPSA) is 131 Å². The molecule has 2 amide bonds. The molecule has 3 unspecified atom stereocenters. The van der Waals surface area contributed by atoms with Crippen molar-refractivity contribution in [1.82, 2.24) is 15.6 Å². The highest BCUT2D eigenvalue weighted by molar-refractivity contribution is 6.00. The van der Waals surface area contributed by atoms with Crippen LogP contribution < -0.4 is 10.6 Å². The molecule has 1 aromatic heterocycles. The lowest BCUT2D eigenvalue weighted by atomic mass is 9.97. The van der Waals surface area contributed by atoms with E-state index in [1.165, 1.54) is 0 Å². The molecule has 4 rings (SSSR count). The number of aliphatic hydroxyl groups excluding tert-OH is 1. The first kappa shape index (κ1) is 26.1. The largest absolute Gasteiger partial charge is 0.461 e. The number of nitrogens with zero attached hydrogens (tertiary/aromatic N) is 1. The molecule has 194 valence electrons. The van der Waals surface area contributed by atoms with Crippen molar-refractivity contribution in [2.45, 2.75) is 38.3 Å². The molecule has 0 spiro atoms. The molecule has 0 saturated heterocycles. The van der Waals surface area contributed by atoms with Crippen molar-refractivity contribution >= 4 is 28.9 Å². The Kier molecular flexibility index (Phi) is 8.68. The van der Waals surface area contributed by atoms with Crippen LogP contribution in [0.5, 0.6) is 0 Å². The summed E-state index contributed by atoms with van der Waals surface area (Å²) in [5.74, 6) is -2.47. The van der Waals surface area contributed by atoms with Crippen molar-refractivity contribution in [3.05, 3.63) is 78.2 Å². The van der Waals surface area contributed by atoms with Crippen LogP contribution in [0.4, 0.5) is 0 Å². The monoisotopic (exact) mass is 505 g/mol. The van der Waals surface area contributed by atoms with Gasteiger partial charge in [-0.25, -0.2) is 4.98 Å². The van der Waals surface area contributed by atoms with Gasteiger partial charge in [0.1, 0.15) is 17.5 Å². The molecular formula is C28H31N3O6. The number of cyclic esters (lactones) is 1. The fourth-order valence-corrected chi connectivity index (χ4v) is 4.20. The van der Waals surface area contributed by atoms with Crippen LogP contribution in [0, 0.1) is 11.8 Å². The number of ether oxygens (including phenoxy) is 1. The number of rotatable bonds is 6. The predicted octanol–water partition coefficient (Wildman–Crippen LogP) is 2.85. The fourth-order valence-electron chi connectivity index (χ4n) is 4.20. The van der Waals surface area contributed by atoms with Crippen LogP contribution in [0.25, 0.3) is 11.1 Å². The Labute approximate surface area is 214 Å². The van der Waals surface area contributed by atoms with Crippen molar-refractivity contribution in [3.63, 3.8) is 0 Å². The van der Waals surface area contributed by atoms with Crippen LogP contribution in [-0.2, 0) is 25.5 Å². The summed E-state index contributed by atoms with van der Waals surface area (Å²) >= 11 is 0. The number of aliphatic hydroxyl groups is 1. The number of para-hydroxylation sites is 2. The smallest absolute Gasteiger partial charge is 0.310 e. The predicted molar refractivity (Wildman–Crippen MR) is 136 cm³/mol. The molecular weight excluding hydrogens is 474 g/mol. The number of benzene rings is 2. The number of esters is 1. The Morgan fingerprint density at radius 1 is 1.11 bits per heavy atom. The lowest BCUT2D eigenvalue weighted by molar-refractivity contribution is -0.154. The zero-order chi connectivity index (χ0) is 26.2. The average Bonchev–Trinajstić information content (AvgIpc) is 3.32. The lowest BCUT2D eigenvalue weighted by Crippen LogP contribution is -2.45. The van der Waals surface area contributed by atoms with Gasteiger partial charge >= 0.3 is 5.97 Å². The molecule has 0 fully saturated rings. The minimum absolute atomic E-state index is 0.0653. The van der Waals surface area contributed by atoms with Crippen LogP contribution >= 0.6 is 0 Å². The summed E-state index contributed by atoms with van der Waals surface area (Å²) in [7, 11) is 0. The second-order valence-corrected chi connectivity index (χ2v) is 9.12. The first-order chi connectivity index (χ1) is 17.9. The van der Waals surface area contributed by atoms with Gasteiger partial charge in [0.2, 0.25) is 11.8 Å². The summed E-state index contributed by atoms with van der Waals surface area (Å²) in [6.07, 6.45) is 3.64. The Hall–Kier alpha value is -3.98. The standard InChI is InChI=1S/C28H31N3O6/c1-18-16-29-26(33)21(27(34)31-23(17-32)19-9-3-2-4-10-19)12-6-5-11-20(28(35)36-18)15-25-30-22-13-7-8-14-24(22)37-25/h2-10,13-14,18,20-21,23,32H,11-12,15-17H2,1H3,(H,29,33)(H,31,34)/t18?,20?,21?,23-/m0/s1. The first-order valence-electron chi connectivity index (χ1n) is 12.4. The molecule has 0 bridgehead atoms. The number of hydrogen-bond acceptors (Lipinski definition) is 7. The summed E-state index contributed by atoms with van der Waals surface area (Å²) in [6, 6.07) is 15.8. The Balaban J connectivity index is 1.47. The molecule has 9 nitrogen and oxygen atoms in total. The van der Waals surface area contributed by atoms with Crippen LogP contribution in [0.1, 0.15) is 37.3 Å². The number of allylic oxidation sites excluding steroid dienone is 2. The van der Waals surface area contributed by atoms with Crippen molar-refractivity contribution in [1.29, 1.82) is 0 Å². The van der Waals surface area contributed by atoms with Crippen LogP contribution in [-0.4, -0.2) is 47.1 Å². The molecule has 0 saturated carbocycles. The number of nitrogens with one attached hydrogen (secondary N) is 2. The van der Waals surface area contributed by atoms with Crippen molar-refractivity contribution in [2.75, 3.05) is 13.2 Å². The number of hydrogen-bond donors (Lipinski definition) is 3. The zero-order valence-corrected chi connectivity index (χ0v) is 20.6. The highest BCUT2D eigenvalue weighted by Crippen LogP contribution is 2.21. The van der Waals surface area contributed by atoms with Crippen LogP contribution in [0.15, 0.2) is 71.2 Å². The van der Waals surface area contributed by atoms with E-state index in [4.69, 9.17) is 9.15 Å². The fraction of sp³-hybridized carbons (Fsp3) is 0.357. The second-order valence-electron chi connectivity index (χ2n) is 9.12. The van der Waals surface area contributed by atoms with Gasteiger partial charge in [-0.05, 0) is 37.5 Å². The van der Waals surface area contributed by atoms with E-state index < -0.39 is 41.8 Å². The highest BCUT2D eigenvalue weighted by atomic mass is 16.5. The van der Waals surface area contributed by atoms with E-state index in [1.807, 2.05) is 42.5 Å². The molecule has 2 aromatic carbocycles. The van der Waals surface area contributed by atoms with Gasteiger partial charge in [-0.1, -0.05) is 54.6 Å². The van der Waals surface area contributed by atoms with Crippen molar-refractivity contribution in [2.24, 2.45) is 11.8 Å². The van der Waals surface area contributed by atoms with Gasteiger partial charge in [-0.2, -0.15) is 0 Å². The molecule has 1 aliphatic heterocycles. The average molecular weight is 506 g/mol. The molecule has 0 aliphatic carbocycles. The maximum atomic E-state index is 13.1. The number of carbonyl (C=O) groups is 3. The van der Waals surface area contributed by atoms with E-state index in [0.29, 0.717) is 17.9 Å². The number of oxazole rings is 1. The summed E-state index contributed by atoms with van der Waals surface area (Å²) in [5.41, 5.74) is 2.11. The molecule has 1 aliphatic rings. The second kappa shape index (κ2) is 12.3. The van der Waals surface area contributed by atoms with Crippen molar-refractivity contribution < 1.29 is 28.6 Å². The number of carbonyl (C=O) groups excluding carboxylic acids is 3. The Morgan fingerprint density at radius 2 is 1.84 bits per heavy atom. The third-order valence-electron chi connectivity index (χ3n) is 6.27. The van der Waals surface area contributed by atoms with Gasteiger partial charge in [-0.3, -0.25) is 14.4 Å². The van der Waals surface area contributed by atoms with Gasteiger partial charge < -0.3 is 24.9 Å². The summed E-state index contributed by atoms with van der Waals surface area (Å²) in [4.78, 5) is 43.3. The molecule has 2 heterocycles. The molecule has 4 atom stereocenters. The first-order valence-corrected chi connectivity index (χ1v) is 12.4. The zero-order valence-electron chi connectivity index (χ0n) is 20.6. The van der Waals surface area contributed by atoms with Crippen molar-refractivity contribution in [3.8, 4) is 0 Å². The quantitative estimate of drug-likeness (QED) is 0.267. The minimum atomic E-state index is -1.01. The van der Waals surface area contributed by atoms with Crippen LogP contribution in [0.2, 0.25) is 0 Å². The SMILES string of the molecule is CC1CNC(=O)C(C(=O)N[C@@H](CO)c2ccccc2)CC=CCC(Cc2nc3ccccc3o2)C(=O)O1. The number of amides is 2. The molecule has 9 heteroatoms. The Bertz CT molecular complexity index is 1220. The van der Waals surface area contributed by atoms with Gasteiger partial charge in [0, 0.05) is 6.42 Å². The lowest BCUT2D eigenvalue weighted by Gasteiger charge is -2.23. The maximum absolute atomic E-state index is 13.1. The summed E-state index contributed by atoms with van der Waals surface area (Å²) in [5, 5.41) is 15.3. The van der Waals surface area contributed by atoms with Gasteiger partial charge in [0.15, 0.2) is 11.5 Å².